The topological polar surface area (TPSA) is 42.3 Å². The molecular weight excluding hydrogens is 232 g/mol. The van der Waals surface area contributed by atoms with Gasteiger partial charge in [0.05, 0.1) is 12.2 Å². The number of aromatic nitrogens is 1. The van der Waals surface area contributed by atoms with Crippen LogP contribution in [0.3, 0.4) is 0 Å². The lowest BCUT2D eigenvalue weighted by atomic mass is 10.1. The summed E-state index contributed by atoms with van der Waals surface area (Å²) in [6, 6.07) is 8.37. The van der Waals surface area contributed by atoms with E-state index >= 15 is 0 Å². The highest BCUT2D eigenvalue weighted by atomic mass is 32.1. The Morgan fingerprint density at radius 3 is 2.76 bits per heavy atom. The zero-order valence-corrected chi connectivity index (χ0v) is 10.3. The molecular formula is C13H12N2OS. The minimum absolute atomic E-state index is 0.313. The van der Waals surface area contributed by atoms with Gasteiger partial charge < -0.3 is 0 Å². The first-order chi connectivity index (χ1) is 8.33. The van der Waals surface area contributed by atoms with Gasteiger partial charge in [0.1, 0.15) is 5.01 Å². The lowest BCUT2D eigenvalue weighted by Gasteiger charge is -1.98. The van der Waals surface area contributed by atoms with E-state index in [2.05, 4.69) is 41.2 Å². The van der Waals surface area contributed by atoms with Crippen LogP contribution < -0.4 is 0 Å². The van der Waals surface area contributed by atoms with E-state index in [-0.39, 0.29) is 0 Å². The number of nitrogens with zero attached hydrogens (tertiary/aromatic N) is 2. The Balaban J connectivity index is 2.20. The zero-order valence-electron chi connectivity index (χ0n) is 9.51. The van der Waals surface area contributed by atoms with Gasteiger partial charge in [0.2, 0.25) is 6.08 Å². The van der Waals surface area contributed by atoms with Crippen LogP contribution >= 0.6 is 11.3 Å². The van der Waals surface area contributed by atoms with Crippen LogP contribution in [0.1, 0.15) is 18.2 Å². The van der Waals surface area contributed by atoms with Crippen LogP contribution in [0.5, 0.6) is 0 Å². The fourth-order valence-electron chi connectivity index (χ4n) is 1.51. The number of aryl methyl sites for hydroxylation is 1. The van der Waals surface area contributed by atoms with Crippen molar-refractivity contribution in [3.63, 3.8) is 0 Å². The molecule has 0 N–H and O–H groups in total. The number of thiazole rings is 1. The van der Waals surface area contributed by atoms with E-state index in [1.807, 2.05) is 5.38 Å². The smallest absolute Gasteiger partial charge is 0.235 e. The van der Waals surface area contributed by atoms with Crippen molar-refractivity contribution in [2.24, 2.45) is 4.99 Å². The standard InChI is InChI=1S/C13H12N2OS/c1-2-10-3-5-11(6-4-10)13-15-12(8-17-13)7-14-9-16/h3-6,8H,2,7H2,1H3. The summed E-state index contributed by atoms with van der Waals surface area (Å²) in [4.78, 5) is 17.9. The molecule has 0 amide bonds. The van der Waals surface area contributed by atoms with Gasteiger partial charge in [-0.3, -0.25) is 0 Å². The van der Waals surface area contributed by atoms with Crippen molar-refractivity contribution in [3.8, 4) is 10.6 Å². The molecule has 0 aliphatic heterocycles. The summed E-state index contributed by atoms with van der Waals surface area (Å²) in [6.45, 7) is 2.45. The fraction of sp³-hybridized carbons (Fsp3) is 0.231. The zero-order chi connectivity index (χ0) is 12.1. The average molecular weight is 244 g/mol. The second-order valence-electron chi connectivity index (χ2n) is 3.60. The molecule has 0 radical (unpaired) electrons. The summed E-state index contributed by atoms with van der Waals surface area (Å²) < 4.78 is 0. The average Bonchev–Trinajstić information content (AvgIpc) is 2.85. The van der Waals surface area contributed by atoms with Crippen molar-refractivity contribution in [2.45, 2.75) is 19.9 Å². The maximum atomic E-state index is 10.0. The molecule has 0 aliphatic rings. The van der Waals surface area contributed by atoms with Gasteiger partial charge in [-0.1, -0.05) is 31.2 Å². The van der Waals surface area contributed by atoms with E-state index in [0.29, 0.717) is 6.54 Å². The predicted molar refractivity (Wildman–Crippen MR) is 68.8 cm³/mol. The van der Waals surface area contributed by atoms with Crippen LogP contribution in [0, 0.1) is 0 Å². The molecule has 1 heterocycles. The van der Waals surface area contributed by atoms with E-state index in [1.165, 1.54) is 11.6 Å². The molecule has 4 heteroatoms. The summed E-state index contributed by atoms with van der Waals surface area (Å²) in [5.74, 6) is 0. The third-order valence-electron chi connectivity index (χ3n) is 2.47. The summed E-state index contributed by atoms with van der Waals surface area (Å²) in [5, 5.41) is 2.88. The molecule has 86 valence electrons. The number of isocyanates is 1. The van der Waals surface area contributed by atoms with Crippen LogP contribution in [0.25, 0.3) is 10.6 Å². The third-order valence-corrected chi connectivity index (χ3v) is 3.41. The highest BCUT2D eigenvalue weighted by Gasteiger charge is 2.04. The largest absolute Gasteiger partial charge is 0.239 e. The first-order valence-electron chi connectivity index (χ1n) is 5.41. The molecule has 2 rings (SSSR count). The Kier molecular flexibility index (Phi) is 3.81. The van der Waals surface area contributed by atoms with Crippen molar-refractivity contribution in [1.29, 1.82) is 0 Å². The summed E-state index contributed by atoms with van der Waals surface area (Å²) in [7, 11) is 0. The van der Waals surface area contributed by atoms with Crippen LogP contribution in [0.15, 0.2) is 34.6 Å². The van der Waals surface area contributed by atoms with Crippen molar-refractivity contribution in [1.82, 2.24) is 4.98 Å². The monoisotopic (exact) mass is 244 g/mol. The lowest BCUT2D eigenvalue weighted by molar-refractivity contribution is 0.562. The molecule has 0 fully saturated rings. The third kappa shape index (κ3) is 2.87. The van der Waals surface area contributed by atoms with Crippen LogP contribution in [-0.4, -0.2) is 11.1 Å². The van der Waals surface area contributed by atoms with E-state index < -0.39 is 0 Å². The normalized spacial score (nSPS) is 9.94. The summed E-state index contributed by atoms with van der Waals surface area (Å²) >= 11 is 1.57. The first kappa shape index (κ1) is 11.7. The SMILES string of the molecule is CCc1ccc(-c2nc(CN=C=O)cs2)cc1. The molecule has 17 heavy (non-hydrogen) atoms. The minimum atomic E-state index is 0.313. The molecule has 0 unspecified atom stereocenters. The van der Waals surface area contributed by atoms with Gasteiger partial charge in [0.25, 0.3) is 0 Å². The second-order valence-corrected chi connectivity index (χ2v) is 4.46. The molecule has 0 atom stereocenters. The molecule has 0 spiro atoms. The maximum absolute atomic E-state index is 10.0. The Morgan fingerprint density at radius 1 is 1.35 bits per heavy atom. The first-order valence-corrected chi connectivity index (χ1v) is 6.28. The number of benzene rings is 1. The molecule has 0 saturated heterocycles. The van der Waals surface area contributed by atoms with Gasteiger partial charge in [-0.05, 0) is 12.0 Å². The van der Waals surface area contributed by atoms with Crippen LogP contribution in [-0.2, 0) is 17.8 Å². The lowest BCUT2D eigenvalue weighted by Crippen LogP contribution is -1.83. The Morgan fingerprint density at radius 2 is 2.12 bits per heavy atom. The number of rotatable bonds is 4. The van der Waals surface area contributed by atoms with Gasteiger partial charge in [-0.2, -0.15) is 4.99 Å². The van der Waals surface area contributed by atoms with E-state index in [1.54, 1.807) is 11.3 Å². The molecule has 0 saturated carbocycles. The summed E-state index contributed by atoms with van der Waals surface area (Å²) in [6.07, 6.45) is 2.56. The van der Waals surface area contributed by atoms with Gasteiger partial charge in [-0.25, -0.2) is 9.78 Å². The number of carbonyl (C=O) groups excluding carboxylic acids is 1. The number of hydrogen-bond acceptors (Lipinski definition) is 4. The van der Waals surface area contributed by atoms with Gasteiger partial charge >= 0.3 is 0 Å². The molecule has 0 aliphatic carbocycles. The quantitative estimate of drug-likeness (QED) is 0.612. The molecule has 0 bridgehead atoms. The molecule has 2 aromatic rings. The highest BCUT2D eigenvalue weighted by Crippen LogP contribution is 2.24. The molecule has 1 aromatic heterocycles. The van der Waals surface area contributed by atoms with Crippen molar-refractivity contribution < 1.29 is 4.79 Å². The second kappa shape index (κ2) is 5.53. The van der Waals surface area contributed by atoms with Gasteiger partial charge in [0, 0.05) is 10.9 Å². The van der Waals surface area contributed by atoms with Crippen molar-refractivity contribution in [2.75, 3.05) is 0 Å². The Bertz CT molecular complexity index is 539. The van der Waals surface area contributed by atoms with Crippen LogP contribution in [0.4, 0.5) is 0 Å². The number of hydrogen-bond donors (Lipinski definition) is 0. The van der Waals surface area contributed by atoms with E-state index in [4.69, 9.17) is 0 Å². The Labute approximate surface area is 104 Å². The Hall–Kier alpha value is -1.77. The van der Waals surface area contributed by atoms with Gasteiger partial charge in [-0.15, -0.1) is 11.3 Å². The van der Waals surface area contributed by atoms with Crippen molar-refractivity contribution in [3.05, 3.63) is 40.9 Å². The minimum Gasteiger partial charge on any atom is -0.239 e. The number of aliphatic imine (C=N–C) groups is 1. The molecule has 1 aromatic carbocycles. The van der Waals surface area contributed by atoms with Crippen LogP contribution in [0.2, 0.25) is 0 Å². The van der Waals surface area contributed by atoms with Gasteiger partial charge in [0.15, 0.2) is 0 Å². The molecule has 3 nitrogen and oxygen atoms in total. The predicted octanol–water partition coefficient (Wildman–Crippen LogP) is 3.21. The van der Waals surface area contributed by atoms with Crippen molar-refractivity contribution >= 4 is 17.4 Å². The summed E-state index contributed by atoms with van der Waals surface area (Å²) in [5.41, 5.74) is 3.23. The van der Waals surface area contributed by atoms with E-state index in [0.717, 1.165) is 22.7 Å². The maximum Gasteiger partial charge on any atom is 0.235 e. The highest BCUT2D eigenvalue weighted by molar-refractivity contribution is 7.13. The van der Waals surface area contributed by atoms with E-state index in [9.17, 15) is 4.79 Å². The fourth-order valence-corrected chi connectivity index (χ4v) is 2.33.